The number of halogens is 2. The quantitative estimate of drug-likeness (QED) is 0.697. The Balaban J connectivity index is 1.73. The average molecular weight is 370 g/mol. The van der Waals surface area contributed by atoms with Gasteiger partial charge < -0.3 is 15.0 Å². The maximum Gasteiger partial charge on any atom is 0.387 e. The first kappa shape index (κ1) is 18.3. The van der Waals surface area contributed by atoms with E-state index in [9.17, 15) is 18.4 Å². The molecule has 0 aliphatic heterocycles. The normalized spacial score (nSPS) is 10.6. The van der Waals surface area contributed by atoms with E-state index in [0.29, 0.717) is 11.3 Å². The number of hydrogen-bond donors (Lipinski definition) is 2. The number of alkyl halides is 2. The van der Waals surface area contributed by atoms with Crippen molar-refractivity contribution in [1.29, 1.82) is 0 Å². The second-order valence-electron chi connectivity index (χ2n) is 5.65. The number of carbonyl (C=O) groups is 1. The number of nitrogens with one attached hydrogen (secondary N) is 2. The van der Waals surface area contributed by atoms with Crippen LogP contribution in [0.3, 0.4) is 0 Å². The van der Waals surface area contributed by atoms with Crippen LogP contribution in [0.4, 0.5) is 8.78 Å². The third-order valence-electron chi connectivity index (χ3n) is 3.87. The lowest BCUT2D eigenvalue weighted by atomic mass is 10.1. The SMILES string of the molecule is O=C(NCc1ccccc1OC(F)F)c1ccc(-c2ccccc2)[nH]c1=O. The van der Waals surface area contributed by atoms with Gasteiger partial charge in [0.1, 0.15) is 11.3 Å². The fourth-order valence-corrected chi connectivity index (χ4v) is 2.57. The van der Waals surface area contributed by atoms with E-state index in [-0.39, 0.29) is 17.9 Å². The zero-order valence-electron chi connectivity index (χ0n) is 14.1. The molecule has 0 atom stereocenters. The molecule has 2 N–H and O–H groups in total. The molecule has 138 valence electrons. The van der Waals surface area contributed by atoms with Crippen LogP contribution in [-0.4, -0.2) is 17.5 Å². The number of aromatic amines is 1. The van der Waals surface area contributed by atoms with Crippen molar-refractivity contribution in [2.45, 2.75) is 13.2 Å². The second-order valence-corrected chi connectivity index (χ2v) is 5.65. The molecule has 0 unspecified atom stereocenters. The maximum absolute atomic E-state index is 12.4. The molecule has 0 saturated heterocycles. The van der Waals surface area contributed by atoms with Gasteiger partial charge in [0.2, 0.25) is 0 Å². The lowest BCUT2D eigenvalue weighted by Crippen LogP contribution is -2.29. The fraction of sp³-hybridized carbons (Fsp3) is 0.100. The second kappa shape index (κ2) is 8.27. The van der Waals surface area contributed by atoms with Crippen molar-refractivity contribution in [3.05, 3.63) is 88.2 Å². The molecule has 1 amide bonds. The Morgan fingerprint density at radius 2 is 1.70 bits per heavy atom. The number of carbonyl (C=O) groups excluding carboxylic acids is 1. The van der Waals surface area contributed by atoms with Gasteiger partial charge in [-0.1, -0.05) is 48.5 Å². The highest BCUT2D eigenvalue weighted by Gasteiger charge is 2.13. The lowest BCUT2D eigenvalue weighted by Gasteiger charge is -2.11. The Bertz CT molecular complexity index is 988. The van der Waals surface area contributed by atoms with Gasteiger partial charge in [0.15, 0.2) is 0 Å². The van der Waals surface area contributed by atoms with Gasteiger partial charge in [0, 0.05) is 17.8 Å². The van der Waals surface area contributed by atoms with Crippen LogP contribution >= 0.6 is 0 Å². The molecular weight excluding hydrogens is 354 g/mol. The topological polar surface area (TPSA) is 71.2 Å². The van der Waals surface area contributed by atoms with Crippen molar-refractivity contribution in [2.75, 3.05) is 0 Å². The first-order valence-corrected chi connectivity index (χ1v) is 8.14. The summed E-state index contributed by atoms with van der Waals surface area (Å²) in [6.45, 7) is -3.02. The number of benzene rings is 2. The standard InChI is InChI=1S/C20H16F2N2O3/c21-20(22)27-17-9-5-4-8-14(17)12-23-18(25)15-10-11-16(24-19(15)26)13-6-2-1-3-7-13/h1-11,20H,12H2,(H,23,25)(H,24,26). The fourth-order valence-electron chi connectivity index (χ4n) is 2.57. The van der Waals surface area contributed by atoms with Crippen LogP contribution in [0.25, 0.3) is 11.3 Å². The molecule has 0 aliphatic carbocycles. The Morgan fingerprint density at radius 3 is 2.41 bits per heavy atom. The molecule has 0 aliphatic rings. The van der Waals surface area contributed by atoms with Crippen LogP contribution in [0.15, 0.2) is 71.5 Å². The molecule has 27 heavy (non-hydrogen) atoms. The summed E-state index contributed by atoms with van der Waals surface area (Å²) in [5.74, 6) is -0.635. The van der Waals surface area contributed by atoms with Crippen molar-refractivity contribution in [2.24, 2.45) is 0 Å². The van der Waals surface area contributed by atoms with Crippen LogP contribution in [0, 0.1) is 0 Å². The number of para-hydroxylation sites is 1. The summed E-state index contributed by atoms with van der Waals surface area (Å²) >= 11 is 0. The van der Waals surface area contributed by atoms with Gasteiger partial charge in [-0.05, 0) is 23.8 Å². The molecule has 2 aromatic carbocycles. The van der Waals surface area contributed by atoms with Crippen LogP contribution in [0.5, 0.6) is 5.75 Å². The Hall–Kier alpha value is -3.48. The van der Waals surface area contributed by atoms with Crippen molar-refractivity contribution in [3.63, 3.8) is 0 Å². The first-order valence-electron chi connectivity index (χ1n) is 8.14. The molecular formula is C20H16F2N2O3. The molecule has 1 aromatic heterocycles. The van der Waals surface area contributed by atoms with E-state index in [4.69, 9.17) is 0 Å². The molecule has 7 heteroatoms. The monoisotopic (exact) mass is 370 g/mol. The van der Waals surface area contributed by atoms with E-state index in [2.05, 4.69) is 15.0 Å². The molecule has 0 saturated carbocycles. The molecule has 0 radical (unpaired) electrons. The van der Waals surface area contributed by atoms with Crippen molar-refractivity contribution >= 4 is 5.91 Å². The highest BCUT2D eigenvalue weighted by molar-refractivity contribution is 5.94. The van der Waals surface area contributed by atoms with Gasteiger partial charge in [0.05, 0.1) is 0 Å². The molecule has 1 heterocycles. The Morgan fingerprint density at radius 1 is 1.00 bits per heavy atom. The largest absolute Gasteiger partial charge is 0.434 e. The predicted molar refractivity (Wildman–Crippen MR) is 96.7 cm³/mol. The van der Waals surface area contributed by atoms with E-state index in [1.807, 2.05) is 30.3 Å². The minimum Gasteiger partial charge on any atom is -0.434 e. The molecule has 0 bridgehead atoms. The van der Waals surface area contributed by atoms with Gasteiger partial charge in [0.25, 0.3) is 11.5 Å². The molecule has 5 nitrogen and oxygen atoms in total. The number of ether oxygens (including phenoxy) is 1. The zero-order chi connectivity index (χ0) is 19.2. The third-order valence-corrected chi connectivity index (χ3v) is 3.87. The van der Waals surface area contributed by atoms with Gasteiger partial charge in [-0.3, -0.25) is 9.59 Å². The van der Waals surface area contributed by atoms with Crippen LogP contribution < -0.4 is 15.6 Å². The van der Waals surface area contributed by atoms with Gasteiger partial charge in [-0.15, -0.1) is 0 Å². The van der Waals surface area contributed by atoms with Crippen LogP contribution in [0.2, 0.25) is 0 Å². The average Bonchev–Trinajstić information content (AvgIpc) is 2.67. The smallest absolute Gasteiger partial charge is 0.387 e. The summed E-state index contributed by atoms with van der Waals surface area (Å²) in [5.41, 5.74) is 1.18. The summed E-state index contributed by atoms with van der Waals surface area (Å²) in [5, 5.41) is 2.55. The summed E-state index contributed by atoms with van der Waals surface area (Å²) in [4.78, 5) is 27.2. The van der Waals surface area contributed by atoms with Crippen LogP contribution in [-0.2, 0) is 6.54 Å². The van der Waals surface area contributed by atoms with E-state index in [1.54, 1.807) is 24.3 Å². The van der Waals surface area contributed by atoms with Gasteiger partial charge in [-0.25, -0.2) is 0 Å². The minimum atomic E-state index is -2.96. The van der Waals surface area contributed by atoms with E-state index < -0.39 is 18.1 Å². The number of amides is 1. The number of H-pyrrole nitrogens is 1. The summed E-state index contributed by atoms with van der Waals surface area (Å²) in [6.07, 6.45) is 0. The molecule has 0 spiro atoms. The number of aromatic nitrogens is 1. The molecule has 3 aromatic rings. The first-order chi connectivity index (χ1) is 13.0. The summed E-state index contributed by atoms with van der Waals surface area (Å²) in [6, 6.07) is 18.4. The Kier molecular flexibility index (Phi) is 5.61. The number of pyridine rings is 1. The minimum absolute atomic E-state index is 0.0267. The highest BCUT2D eigenvalue weighted by Crippen LogP contribution is 2.20. The predicted octanol–water partition coefficient (Wildman–Crippen LogP) is 3.57. The highest BCUT2D eigenvalue weighted by atomic mass is 19.3. The van der Waals surface area contributed by atoms with E-state index >= 15 is 0 Å². The molecule has 3 rings (SSSR count). The lowest BCUT2D eigenvalue weighted by molar-refractivity contribution is -0.0504. The van der Waals surface area contributed by atoms with Gasteiger partial charge >= 0.3 is 6.61 Å². The van der Waals surface area contributed by atoms with Crippen molar-refractivity contribution in [1.82, 2.24) is 10.3 Å². The Labute approximate surface area is 153 Å². The number of hydrogen-bond acceptors (Lipinski definition) is 3. The summed E-state index contributed by atoms with van der Waals surface area (Å²) < 4.78 is 29.3. The van der Waals surface area contributed by atoms with Crippen LogP contribution in [0.1, 0.15) is 15.9 Å². The zero-order valence-corrected chi connectivity index (χ0v) is 14.1. The van der Waals surface area contributed by atoms with Crippen molar-refractivity contribution in [3.8, 4) is 17.0 Å². The maximum atomic E-state index is 12.4. The van der Waals surface area contributed by atoms with Crippen molar-refractivity contribution < 1.29 is 18.3 Å². The molecule has 0 fully saturated rings. The third kappa shape index (κ3) is 4.58. The van der Waals surface area contributed by atoms with Gasteiger partial charge in [-0.2, -0.15) is 8.78 Å². The van der Waals surface area contributed by atoms with E-state index in [0.717, 1.165) is 5.56 Å². The summed E-state index contributed by atoms with van der Waals surface area (Å²) in [7, 11) is 0. The van der Waals surface area contributed by atoms with E-state index in [1.165, 1.54) is 12.1 Å². The number of rotatable bonds is 6.